The van der Waals surface area contributed by atoms with Crippen LogP contribution in [0.2, 0.25) is 0 Å². The Bertz CT molecular complexity index is 423. The molecule has 2 aromatic heterocycles. The van der Waals surface area contributed by atoms with Crippen molar-refractivity contribution in [2.24, 2.45) is 0 Å². The smallest absolute Gasteiger partial charge is 0.239 e. The first-order chi connectivity index (χ1) is 8.40. The molecule has 0 aliphatic rings. The van der Waals surface area contributed by atoms with Crippen LogP contribution in [0.5, 0.6) is 0 Å². The molecule has 0 atom stereocenters. The molecule has 0 saturated heterocycles. The lowest BCUT2D eigenvalue weighted by atomic mass is 10.1. The summed E-state index contributed by atoms with van der Waals surface area (Å²) in [6, 6.07) is 0. The van der Waals surface area contributed by atoms with Crippen molar-refractivity contribution in [3.8, 4) is 11.6 Å². The van der Waals surface area contributed by atoms with Gasteiger partial charge in [-0.1, -0.05) is 37.8 Å². The minimum atomic E-state index is 0.478. The fourth-order valence-electron chi connectivity index (χ4n) is 1.65. The average molecular weight is 235 g/mol. The van der Waals surface area contributed by atoms with E-state index < -0.39 is 0 Å². The molecule has 6 heteroatoms. The zero-order chi connectivity index (χ0) is 11.9. The van der Waals surface area contributed by atoms with Gasteiger partial charge in [0.25, 0.3) is 0 Å². The summed E-state index contributed by atoms with van der Waals surface area (Å²) in [5.74, 6) is 1.70. The van der Waals surface area contributed by atoms with Gasteiger partial charge in [-0.05, 0) is 6.42 Å². The van der Waals surface area contributed by atoms with Gasteiger partial charge in [-0.3, -0.25) is 5.10 Å². The summed E-state index contributed by atoms with van der Waals surface area (Å²) in [5, 5.41) is 10.3. The molecule has 0 bridgehead atoms. The third-order valence-electron chi connectivity index (χ3n) is 2.59. The fraction of sp³-hybridized carbons (Fsp3) is 0.636. The van der Waals surface area contributed by atoms with Crippen LogP contribution in [0.3, 0.4) is 0 Å². The van der Waals surface area contributed by atoms with E-state index in [0.29, 0.717) is 17.5 Å². The van der Waals surface area contributed by atoms with Crippen molar-refractivity contribution in [2.75, 3.05) is 0 Å². The normalized spacial score (nSPS) is 10.9. The number of aromatic nitrogens is 5. The van der Waals surface area contributed by atoms with Crippen molar-refractivity contribution in [1.29, 1.82) is 0 Å². The molecule has 92 valence electrons. The minimum absolute atomic E-state index is 0.478. The van der Waals surface area contributed by atoms with E-state index in [1.54, 1.807) is 0 Å². The van der Waals surface area contributed by atoms with Crippen molar-refractivity contribution >= 4 is 0 Å². The molecular weight excluding hydrogens is 218 g/mol. The van der Waals surface area contributed by atoms with Crippen LogP contribution in [0, 0.1) is 0 Å². The Balaban J connectivity index is 1.79. The second kappa shape index (κ2) is 6.12. The quantitative estimate of drug-likeness (QED) is 0.745. The molecule has 0 spiro atoms. The van der Waals surface area contributed by atoms with E-state index in [4.69, 9.17) is 4.52 Å². The topological polar surface area (TPSA) is 80.5 Å². The van der Waals surface area contributed by atoms with E-state index in [1.807, 2.05) is 0 Å². The molecule has 0 amide bonds. The number of aryl methyl sites for hydroxylation is 1. The Morgan fingerprint density at radius 2 is 2.12 bits per heavy atom. The number of nitrogens with zero attached hydrogens (tertiary/aromatic N) is 4. The van der Waals surface area contributed by atoms with E-state index in [2.05, 4.69) is 32.2 Å². The Morgan fingerprint density at radius 3 is 2.88 bits per heavy atom. The van der Waals surface area contributed by atoms with Gasteiger partial charge >= 0.3 is 0 Å². The molecule has 0 saturated carbocycles. The first-order valence-corrected chi connectivity index (χ1v) is 6.08. The third-order valence-corrected chi connectivity index (χ3v) is 2.59. The lowest BCUT2D eigenvalue weighted by molar-refractivity contribution is 0.373. The van der Waals surface area contributed by atoms with E-state index >= 15 is 0 Å². The molecule has 2 heterocycles. The van der Waals surface area contributed by atoms with Crippen LogP contribution in [-0.2, 0) is 6.42 Å². The Morgan fingerprint density at radius 1 is 1.24 bits per heavy atom. The summed E-state index contributed by atoms with van der Waals surface area (Å²) in [4.78, 5) is 8.23. The zero-order valence-electron chi connectivity index (χ0n) is 10.0. The van der Waals surface area contributed by atoms with Crippen LogP contribution in [0.15, 0.2) is 10.9 Å². The van der Waals surface area contributed by atoms with Crippen LogP contribution < -0.4 is 0 Å². The molecule has 6 nitrogen and oxygen atoms in total. The summed E-state index contributed by atoms with van der Waals surface area (Å²) in [7, 11) is 0. The number of H-pyrrole nitrogens is 1. The van der Waals surface area contributed by atoms with Gasteiger partial charge in [0.15, 0.2) is 5.82 Å². The van der Waals surface area contributed by atoms with E-state index in [-0.39, 0.29) is 0 Å². The van der Waals surface area contributed by atoms with Crippen LogP contribution in [-0.4, -0.2) is 25.3 Å². The molecule has 0 aromatic carbocycles. The Labute approximate surface area is 99.8 Å². The number of unbranched alkanes of at least 4 members (excludes halogenated alkanes) is 4. The summed E-state index contributed by atoms with van der Waals surface area (Å²) in [5.41, 5.74) is 0. The van der Waals surface area contributed by atoms with E-state index in [1.165, 1.54) is 32.0 Å². The molecule has 1 N–H and O–H groups in total. The molecule has 0 fully saturated rings. The molecular formula is C11H17N5O. The number of aromatic amines is 1. The van der Waals surface area contributed by atoms with Gasteiger partial charge in [-0.15, -0.1) is 0 Å². The summed E-state index contributed by atoms with van der Waals surface area (Å²) in [6.45, 7) is 2.21. The lowest BCUT2D eigenvalue weighted by Crippen LogP contribution is -1.87. The van der Waals surface area contributed by atoms with Gasteiger partial charge in [0.1, 0.15) is 6.33 Å². The van der Waals surface area contributed by atoms with Crippen molar-refractivity contribution < 1.29 is 4.52 Å². The first kappa shape index (κ1) is 11.8. The first-order valence-electron chi connectivity index (χ1n) is 6.08. The zero-order valence-corrected chi connectivity index (χ0v) is 10.0. The highest BCUT2D eigenvalue weighted by atomic mass is 16.5. The largest absolute Gasteiger partial charge is 0.339 e. The van der Waals surface area contributed by atoms with Gasteiger partial charge in [-0.25, -0.2) is 4.98 Å². The minimum Gasteiger partial charge on any atom is -0.339 e. The SMILES string of the molecule is CCCCCCCc1nc(-c2ncn[nH]2)no1. The van der Waals surface area contributed by atoms with Crippen LogP contribution >= 0.6 is 0 Å². The lowest BCUT2D eigenvalue weighted by Gasteiger charge is -1.95. The predicted molar refractivity (Wildman–Crippen MR) is 62.1 cm³/mol. The standard InChI is InChI=1S/C11H17N5O/c1-2-3-4-5-6-7-9-14-11(16-17-9)10-12-8-13-15-10/h8H,2-7H2,1H3,(H,12,13,15). The Hall–Kier alpha value is -1.72. The summed E-state index contributed by atoms with van der Waals surface area (Å²) in [6.07, 6.45) is 8.41. The van der Waals surface area contributed by atoms with Crippen molar-refractivity contribution in [3.63, 3.8) is 0 Å². The van der Waals surface area contributed by atoms with Crippen molar-refractivity contribution in [3.05, 3.63) is 12.2 Å². The van der Waals surface area contributed by atoms with Gasteiger partial charge in [0, 0.05) is 6.42 Å². The molecule has 17 heavy (non-hydrogen) atoms. The maximum absolute atomic E-state index is 5.15. The van der Waals surface area contributed by atoms with E-state index in [0.717, 1.165) is 12.8 Å². The fourth-order valence-corrected chi connectivity index (χ4v) is 1.65. The number of rotatable bonds is 7. The van der Waals surface area contributed by atoms with Gasteiger partial charge < -0.3 is 4.52 Å². The predicted octanol–water partition coefficient (Wildman–Crippen LogP) is 2.37. The van der Waals surface area contributed by atoms with Gasteiger partial charge in [-0.2, -0.15) is 10.1 Å². The second-order valence-corrected chi connectivity index (χ2v) is 4.01. The van der Waals surface area contributed by atoms with Crippen LogP contribution in [0.1, 0.15) is 44.9 Å². The second-order valence-electron chi connectivity index (χ2n) is 4.01. The van der Waals surface area contributed by atoms with Crippen LogP contribution in [0.4, 0.5) is 0 Å². The van der Waals surface area contributed by atoms with Gasteiger partial charge in [0.05, 0.1) is 0 Å². The molecule has 0 radical (unpaired) electrons. The van der Waals surface area contributed by atoms with Crippen LogP contribution in [0.25, 0.3) is 11.6 Å². The highest BCUT2D eigenvalue weighted by molar-refractivity contribution is 5.39. The maximum atomic E-state index is 5.15. The monoisotopic (exact) mass is 235 g/mol. The molecule has 0 aliphatic carbocycles. The van der Waals surface area contributed by atoms with Crippen molar-refractivity contribution in [2.45, 2.75) is 45.4 Å². The number of hydrogen-bond acceptors (Lipinski definition) is 5. The molecule has 2 aromatic rings. The Kier molecular flexibility index (Phi) is 4.23. The highest BCUT2D eigenvalue weighted by Crippen LogP contribution is 2.11. The maximum Gasteiger partial charge on any atom is 0.239 e. The highest BCUT2D eigenvalue weighted by Gasteiger charge is 2.10. The third kappa shape index (κ3) is 3.37. The number of hydrogen-bond donors (Lipinski definition) is 1. The average Bonchev–Trinajstić information content (AvgIpc) is 2.99. The molecule has 0 unspecified atom stereocenters. The van der Waals surface area contributed by atoms with Gasteiger partial charge in [0.2, 0.25) is 11.7 Å². The van der Waals surface area contributed by atoms with E-state index in [9.17, 15) is 0 Å². The molecule has 2 rings (SSSR count). The van der Waals surface area contributed by atoms with Crippen molar-refractivity contribution in [1.82, 2.24) is 25.3 Å². The summed E-state index contributed by atoms with van der Waals surface area (Å²) < 4.78 is 5.15. The number of nitrogens with one attached hydrogen (secondary N) is 1. The summed E-state index contributed by atoms with van der Waals surface area (Å²) >= 11 is 0. The molecule has 0 aliphatic heterocycles.